The number of nitrogens with zero attached hydrogens (tertiary/aromatic N) is 5. The number of nitrogens with one attached hydrogen (secondary N) is 1. The van der Waals surface area contributed by atoms with Crippen LogP contribution in [0.5, 0.6) is 0 Å². The molecule has 1 unspecified atom stereocenters. The van der Waals surface area contributed by atoms with Gasteiger partial charge in [-0.15, -0.1) is 11.3 Å². The quantitative estimate of drug-likeness (QED) is 0.709. The molecule has 1 aliphatic heterocycles. The number of nitrogens with two attached hydrogens (primary N) is 1. The van der Waals surface area contributed by atoms with Crippen LogP contribution in [0.2, 0.25) is 0 Å². The van der Waals surface area contributed by atoms with E-state index in [-0.39, 0.29) is 24.2 Å². The van der Waals surface area contributed by atoms with E-state index in [2.05, 4.69) is 20.3 Å². The number of aromatic nitrogens is 3. The molecule has 1 aliphatic rings. The number of carbonyl (C=O) groups is 2. The molecule has 3 aromatic rings. The van der Waals surface area contributed by atoms with Crippen LogP contribution in [0.15, 0.2) is 41.1 Å². The van der Waals surface area contributed by atoms with E-state index < -0.39 is 5.54 Å². The van der Waals surface area contributed by atoms with Gasteiger partial charge in [0.1, 0.15) is 11.2 Å². The molecular formula is C17H17N7O2S. The van der Waals surface area contributed by atoms with Gasteiger partial charge in [0.2, 0.25) is 5.91 Å². The summed E-state index contributed by atoms with van der Waals surface area (Å²) in [6.07, 6.45) is 5.22. The Morgan fingerprint density at radius 1 is 1.44 bits per heavy atom. The largest absolute Gasteiger partial charge is 0.369 e. The summed E-state index contributed by atoms with van der Waals surface area (Å²) in [7, 11) is 1.58. The van der Waals surface area contributed by atoms with Crippen LogP contribution >= 0.6 is 11.3 Å². The van der Waals surface area contributed by atoms with Crippen molar-refractivity contribution in [3.8, 4) is 0 Å². The normalized spacial score (nSPS) is 20.0. The molecule has 3 aromatic heterocycles. The number of rotatable bonds is 3. The number of amides is 2. The Labute approximate surface area is 158 Å². The summed E-state index contributed by atoms with van der Waals surface area (Å²) in [5.41, 5.74) is 6.39. The molecule has 0 spiro atoms. The molecule has 2 amide bonds. The van der Waals surface area contributed by atoms with E-state index in [4.69, 9.17) is 5.73 Å². The lowest BCUT2D eigenvalue weighted by Gasteiger charge is -2.32. The predicted octanol–water partition coefficient (Wildman–Crippen LogP) is 1.44. The van der Waals surface area contributed by atoms with Gasteiger partial charge >= 0.3 is 0 Å². The molecule has 0 radical (unpaired) electrons. The monoisotopic (exact) mass is 383 g/mol. The van der Waals surface area contributed by atoms with E-state index in [9.17, 15) is 9.59 Å². The first kappa shape index (κ1) is 17.2. The van der Waals surface area contributed by atoms with Gasteiger partial charge < -0.3 is 11.1 Å². The lowest BCUT2D eigenvalue weighted by Crippen LogP contribution is -2.47. The number of guanidine groups is 1. The van der Waals surface area contributed by atoms with E-state index in [1.807, 2.05) is 11.6 Å². The minimum atomic E-state index is -0.884. The van der Waals surface area contributed by atoms with Gasteiger partial charge in [0.25, 0.3) is 5.91 Å². The first-order chi connectivity index (χ1) is 12.9. The third-order valence-corrected chi connectivity index (χ3v) is 5.24. The summed E-state index contributed by atoms with van der Waals surface area (Å²) >= 11 is 1.45. The maximum atomic E-state index is 12.5. The summed E-state index contributed by atoms with van der Waals surface area (Å²) < 4.78 is 1.79. The van der Waals surface area contributed by atoms with Crippen LogP contribution in [0.25, 0.3) is 4.96 Å². The molecule has 138 valence electrons. The summed E-state index contributed by atoms with van der Waals surface area (Å²) in [4.78, 5) is 39.8. The molecule has 0 saturated carbocycles. The molecule has 4 heterocycles. The van der Waals surface area contributed by atoms with Crippen molar-refractivity contribution in [3.63, 3.8) is 0 Å². The Bertz CT molecular complexity index is 1060. The fourth-order valence-electron chi connectivity index (χ4n) is 2.89. The average Bonchev–Trinajstić information content (AvgIpc) is 3.22. The minimum absolute atomic E-state index is 0.140. The van der Waals surface area contributed by atoms with Gasteiger partial charge in [-0.1, -0.05) is 0 Å². The lowest BCUT2D eigenvalue weighted by atomic mass is 9.91. The predicted molar refractivity (Wildman–Crippen MR) is 102 cm³/mol. The van der Waals surface area contributed by atoms with Crippen molar-refractivity contribution in [2.75, 3.05) is 12.4 Å². The maximum Gasteiger partial charge on any atom is 0.275 e. The second kappa shape index (κ2) is 6.16. The SMILES string of the molecule is CN1C(=O)CC(C)(c2cc(NC(=O)c3cn4ccsc4n3)ccn2)N=C1N. The van der Waals surface area contributed by atoms with E-state index in [0.717, 1.165) is 4.96 Å². The number of hydrogen-bond donors (Lipinski definition) is 2. The molecule has 0 saturated heterocycles. The molecule has 0 aromatic carbocycles. The molecular weight excluding hydrogens is 366 g/mol. The zero-order valence-electron chi connectivity index (χ0n) is 14.7. The highest BCUT2D eigenvalue weighted by Gasteiger charge is 2.37. The maximum absolute atomic E-state index is 12.5. The van der Waals surface area contributed by atoms with Crippen molar-refractivity contribution in [2.45, 2.75) is 18.9 Å². The number of aliphatic imine (C=N–C) groups is 1. The molecule has 1 atom stereocenters. The Hall–Kier alpha value is -3.27. The van der Waals surface area contributed by atoms with E-state index in [1.54, 1.807) is 42.9 Å². The third kappa shape index (κ3) is 3.04. The van der Waals surface area contributed by atoms with Crippen LogP contribution < -0.4 is 11.1 Å². The number of hydrogen-bond acceptors (Lipinski definition) is 7. The molecule has 4 rings (SSSR count). The van der Waals surface area contributed by atoms with Crippen molar-refractivity contribution >= 4 is 39.8 Å². The minimum Gasteiger partial charge on any atom is -0.369 e. The van der Waals surface area contributed by atoms with Gasteiger partial charge in [-0.2, -0.15) is 0 Å². The Morgan fingerprint density at radius 2 is 2.26 bits per heavy atom. The van der Waals surface area contributed by atoms with Gasteiger partial charge in [0.05, 0.1) is 12.1 Å². The highest BCUT2D eigenvalue weighted by atomic mass is 32.1. The second-order valence-corrected chi connectivity index (χ2v) is 7.35. The van der Waals surface area contributed by atoms with Crippen LogP contribution in [0.4, 0.5) is 5.69 Å². The van der Waals surface area contributed by atoms with Gasteiger partial charge in [0.15, 0.2) is 10.9 Å². The molecule has 0 fully saturated rings. The number of fused-ring (bicyclic) bond motifs is 1. The third-order valence-electron chi connectivity index (χ3n) is 4.47. The molecule has 10 heteroatoms. The molecule has 27 heavy (non-hydrogen) atoms. The van der Waals surface area contributed by atoms with Gasteiger partial charge in [0, 0.05) is 36.7 Å². The Kier molecular flexibility index (Phi) is 3.92. The van der Waals surface area contributed by atoms with Crippen molar-refractivity contribution in [1.82, 2.24) is 19.3 Å². The fourth-order valence-corrected chi connectivity index (χ4v) is 3.59. The van der Waals surface area contributed by atoms with Gasteiger partial charge in [-0.25, -0.2) is 9.98 Å². The zero-order valence-corrected chi connectivity index (χ0v) is 15.5. The van der Waals surface area contributed by atoms with E-state index in [1.165, 1.54) is 16.2 Å². The smallest absolute Gasteiger partial charge is 0.275 e. The van der Waals surface area contributed by atoms with Crippen molar-refractivity contribution in [1.29, 1.82) is 0 Å². The summed E-state index contributed by atoms with van der Waals surface area (Å²) in [5.74, 6) is -0.321. The lowest BCUT2D eigenvalue weighted by molar-refractivity contribution is -0.128. The standard InChI is InChI=1S/C17H17N7O2S/c1-17(8-13(25)23(2)15(18)22-17)12-7-10(3-4-19-12)20-14(26)11-9-24-5-6-27-16(24)21-11/h3-7,9H,8H2,1-2H3,(H2,18,22)(H,19,20,26). The number of carbonyl (C=O) groups excluding carboxylic acids is 2. The van der Waals surface area contributed by atoms with E-state index >= 15 is 0 Å². The van der Waals surface area contributed by atoms with E-state index in [0.29, 0.717) is 17.1 Å². The van der Waals surface area contributed by atoms with Crippen LogP contribution in [0, 0.1) is 0 Å². The van der Waals surface area contributed by atoms with Gasteiger partial charge in [-0.05, 0) is 19.1 Å². The molecule has 0 bridgehead atoms. The number of pyridine rings is 1. The highest BCUT2D eigenvalue weighted by Crippen LogP contribution is 2.32. The highest BCUT2D eigenvalue weighted by molar-refractivity contribution is 7.15. The second-order valence-electron chi connectivity index (χ2n) is 6.48. The Balaban J connectivity index is 1.60. The van der Waals surface area contributed by atoms with Gasteiger partial charge in [-0.3, -0.25) is 23.9 Å². The average molecular weight is 383 g/mol. The zero-order chi connectivity index (χ0) is 19.2. The number of imidazole rings is 1. The summed E-state index contributed by atoms with van der Waals surface area (Å²) in [6.45, 7) is 1.79. The van der Waals surface area contributed by atoms with Crippen LogP contribution in [-0.2, 0) is 10.3 Å². The molecule has 0 aliphatic carbocycles. The topological polar surface area (TPSA) is 118 Å². The van der Waals surface area contributed by atoms with Crippen molar-refractivity contribution in [2.24, 2.45) is 10.7 Å². The van der Waals surface area contributed by atoms with Crippen LogP contribution in [-0.4, -0.2) is 44.1 Å². The van der Waals surface area contributed by atoms with Crippen molar-refractivity contribution in [3.05, 3.63) is 47.5 Å². The summed E-state index contributed by atoms with van der Waals surface area (Å²) in [5, 5.41) is 4.71. The number of thiazole rings is 1. The first-order valence-electron chi connectivity index (χ1n) is 8.18. The first-order valence-corrected chi connectivity index (χ1v) is 9.06. The molecule has 9 nitrogen and oxygen atoms in total. The van der Waals surface area contributed by atoms with Crippen LogP contribution in [0.1, 0.15) is 29.5 Å². The van der Waals surface area contributed by atoms with Crippen molar-refractivity contribution < 1.29 is 9.59 Å². The summed E-state index contributed by atoms with van der Waals surface area (Å²) in [6, 6.07) is 3.37. The van der Waals surface area contributed by atoms with Crippen LogP contribution in [0.3, 0.4) is 0 Å². The Morgan fingerprint density at radius 3 is 3.00 bits per heavy atom. The molecule has 3 N–H and O–H groups in total. The number of anilines is 1. The fraction of sp³-hybridized carbons (Fsp3) is 0.235.